The first-order valence-corrected chi connectivity index (χ1v) is 8.64. The van der Waals surface area contributed by atoms with Gasteiger partial charge in [0, 0.05) is 28.0 Å². The molecule has 21 heavy (non-hydrogen) atoms. The van der Waals surface area contributed by atoms with Gasteiger partial charge in [-0.15, -0.1) is 0 Å². The highest BCUT2D eigenvalue weighted by molar-refractivity contribution is 9.10. The van der Waals surface area contributed by atoms with Crippen molar-refractivity contribution in [2.24, 2.45) is 0 Å². The van der Waals surface area contributed by atoms with Crippen LogP contribution in [-0.2, 0) is 6.42 Å². The van der Waals surface area contributed by atoms with E-state index in [1.807, 2.05) is 18.2 Å². The van der Waals surface area contributed by atoms with Gasteiger partial charge in [0.15, 0.2) is 0 Å². The summed E-state index contributed by atoms with van der Waals surface area (Å²) in [5, 5.41) is 3.56. The largest absolute Gasteiger partial charge is 0.488 e. The van der Waals surface area contributed by atoms with Crippen LogP contribution in [0, 0.1) is 0 Å². The van der Waals surface area contributed by atoms with Crippen molar-refractivity contribution in [2.75, 3.05) is 6.54 Å². The van der Waals surface area contributed by atoms with Crippen molar-refractivity contribution in [3.8, 4) is 5.75 Å². The van der Waals surface area contributed by atoms with Crippen LogP contribution in [-0.4, -0.2) is 12.6 Å². The van der Waals surface area contributed by atoms with E-state index in [0.29, 0.717) is 6.04 Å². The summed E-state index contributed by atoms with van der Waals surface area (Å²) in [6.45, 7) is 3.03. The van der Waals surface area contributed by atoms with E-state index in [1.165, 1.54) is 11.1 Å². The Morgan fingerprint density at radius 1 is 1.19 bits per heavy atom. The first-order valence-electron chi connectivity index (χ1n) is 7.06. The Balaban J connectivity index is 1.57. The van der Waals surface area contributed by atoms with Crippen LogP contribution in [0.3, 0.4) is 0 Å². The summed E-state index contributed by atoms with van der Waals surface area (Å²) in [4.78, 5) is 0. The second kappa shape index (κ2) is 6.51. The lowest BCUT2D eigenvalue weighted by Crippen LogP contribution is -2.31. The molecular formula is C17H17Br2NO. The molecule has 0 radical (unpaired) electrons. The number of fused-ring (bicyclic) bond motifs is 1. The van der Waals surface area contributed by atoms with Gasteiger partial charge in [0.25, 0.3) is 0 Å². The third-order valence-electron chi connectivity index (χ3n) is 3.76. The Bertz CT molecular complexity index is 644. The van der Waals surface area contributed by atoms with E-state index in [2.05, 4.69) is 68.4 Å². The number of hydrogen-bond acceptors (Lipinski definition) is 2. The van der Waals surface area contributed by atoms with Gasteiger partial charge in [0.05, 0.1) is 0 Å². The van der Waals surface area contributed by atoms with Crippen LogP contribution in [0.4, 0.5) is 0 Å². The topological polar surface area (TPSA) is 21.3 Å². The Morgan fingerprint density at radius 2 is 2.00 bits per heavy atom. The molecule has 110 valence electrons. The normalized spacial score (nSPS) is 18.1. The summed E-state index contributed by atoms with van der Waals surface area (Å²) in [5.41, 5.74) is 2.56. The highest BCUT2D eigenvalue weighted by atomic mass is 79.9. The Morgan fingerprint density at radius 3 is 2.81 bits per heavy atom. The standard InChI is InChI=1S/C17H17Br2NO/c1-11(12-3-2-4-14(18)7-12)20-10-16-9-13-8-15(19)5-6-17(13)21-16/h2-8,11,16,20H,9-10H2,1H3. The van der Waals surface area contributed by atoms with E-state index in [1.54, 1.807) is 0 Å². The van der Waals surface area contributed by atoms with Crippen molar-refractivity contribution in [2.45, 2.75) is 25.5 Å². The van der Waals surface area contributed by atoms with E-state index >= 15 is 0 Å². The van der Waals surface area contributed by atoms with E-state index in [9.17, 15) is 0 Å². The van der Waals surface area contributed by atoms with Crippen molar-refractivity contribution >= 4 is 31.9 Å². The van der Waals surface area contributed by atoms with E-state index in [0.717, 1.165) is 27.7 Å². The fraction of sp³-hybridized carbons (Fsp3) is 0.294. The van der Waals surface area contributed by atoms with Crippen molar-refractivity contribution in [3.05, 3.63) is 62.5 Å². The molecule has 0 spiro atoms. The molecule has 0 saturated carbocycles. The Kier molecular flexibility index (Phi) is 4.67. The second-order valence-corrected chi connectivity index (χ2v) is 7.21. The molecule has 0 saturated heterocycles. The highest BCUT2D eigenvalue weighted by Crippen LogP contribution is 2.31. The van der Waals surface area contributed by atoms with Crippen LogP contribution >= 0.6 is 31.9 Å². The number of ether oxygens (including phenoxy) is 1. The molecule has 1 aliphatic rings. The van der Waals surface area contributed by atoms with Gasteiger partial charge in [-0.05, 0) is 48.4 Å². The lowest BCUT2D eigenvalue weighted by Gasteiger charge is -2.18. The maximum atomic E-state index is 5.98. The molecule has 0 aromatic heterocycles. The van der Waals surface area contributed by atoms with Gasteiger partial charge in [-0.1, -0.05) is 44.0 Å². The summed E-state index contributed by atoms with van der Waals surface area (Å²) >= 11 is 7.03. The van der Waals surface area contributed by atoms with Crippen molar-refractivity contribution < 1.29 is 4.74 Å². The molecule has 1 heterocycles. The molecule has 2 aromatic rings. The quantitative estimate of drug-likeness (QED) is 0.776. The van der Waals surface area contributed by atoms with Crippen LogP contribution in [0.15, 0.2) is 51.4 Å². The SMILES string of the molecule is CC(NCC1Cc2cc(Br)ccc2O1)c1cccc(Br)c1. The molecule has 0 bridgehead atoms. The van der Waals surface area contributed by atoms with Gasteiger partial charge >= 0.3 is 0 Å². The van der Waals surface area contributed by atoms with Gasteiger partial charge in [0.1, 0.15) is 11.9 Å². The third-order valence-corrected chi connectivity index (χ3v) is 4.75. The zero-order valence-corrected chi connectivity index (χ0v) is 14.9. The lowest BCUT2D eigenvalue weighted by atomic mass is 10.1. The predicted octanol–water partition coefficient (Wildman–Crippen LogP) is 4.87. The molecule has 4 heteroatoms. The molecule has 2 aromatic carbocycles. The summed E-state index contributed by atoms with van der Waals surface area (Å²) in [7, 11) is 0. The number of rotatable bonds is 4. The number of hydrogen-bond donors (Lipinski definition) is 1. The first kappa shape index (κ1) is 15.1. The Labute approximate surface area is 142 Å². The summed E-state index contributed by atoms with van der Waals surface area (Å²) in [6, 6.07) is 14.9. The monoisotopic (exact) mass is 409 g/mol. The zero-order valence-electron chi connectivity index (χ0n) is 11.8. The average molecular weight is 411 g/mol. The number of nitrogens with one attached hydrogen (secondary N) is 1. The van der Waals surface area contributed by atoms with Gasteiger partial charge in [-0.3, -0.25) is 0 Å². The molecule has 1 aliphatic heterocycles. The van der Waals surface area contributed by atoms with Crippen LogP contribution < -0.4 is 10.1 Å². The smallest absolute Gasteiger partial charge is 0.123 e. The van der Waals surface area contributed by atoms with Gasteiger partial charge in [0.2, 0.25) is 0 Å². The van der Waals surface area contributed by atoms with E-state index < -0.39 is 0 Å². The highest BCUT2D eigenvalue weighted by Gasteiger charge is 2.23. The molecule has 2 atom stereocenters. The number of benzene rings is 2. The fourth-order valence-corrected chi connectivity index (χ4v) is 3.43. The maximum absolute atomic E-state index is 5.98. The van der Waals surface area contributed by atoms with Gasteiger partial charge in [-0.25, -0.2) is 0 Å². The fourth-order valence-electron chi connectivity index (χ4n) is 2.60. The van der Waals surface area contributed by atoms with E-state index in [4.69, 9.17) is 4.74 Å². The Hall–Kier alpha value is -0.840. The summed E-state index contributed by atoms with van der Waals surface area (Å²) in [5.74, 6) is 1.01. The number of halogens is 2. The minimum absolute atomic E-state index is 0.212. The molecule has 1 N–H and O–H groups in total. The average Bonchev–Trinajstić information content (AvgIpc) is 2.86. The summed E-state index contributed by atoms with van der Waals surface area (Å²) < 4.78 is 8.21. The maximum Gasteiger partial charge on any atom is 0.123 e. The van der Waals surface area contributed by atoms with Gasteiger partial charge in [-0.2, -0.15) is 0 Å². The van der Waals surface area contributed by atoms with Crippen molar-refractivity contribution in [1.82, 2.24) is 5.32 Å². The molecule has 2 nitrogen and oxygen atoms in total. The molecule has 0 fully saturated rings. The van der Waals surface area contributed by atoms with Crippen molar-refractivity contribution in [1.29, 1.82) is 0 Å². The minimum Gasteiger partial charge on any atom is -0.488 e. The van der Waals surface area contributed by atoms with Crippen LogP contribution in [0.25, 0.3) is 0 Å². The van der Waals surface area contributed by atoms with E-state index in [-0.39, 0.29) is 6.10 Å². The molecule has 3 rings (SSSR count). The molecular weight excluding hydrogens is 394 g/mol. The molecule has 0 amide bonds. The predicted molar refractivity (Wildman–Crippen MR) is 92.8 cm³/mol. The zero-order chi connectivity index (χ0) is 14.8. The van der Waals surface area contributed by atoms with Crippen LogP contribution in [0.1, 0.15) is 24.1 Å². The molecule has 2 unspecified atom stereocenters. The van der Waals surface area contributed by atoms with Crippen LogP contribution in [0.5, 0.6) is 5.75 Å². The summed E-state index contributed by atoms with van der Waals surface area (Å²) in [6.07, 6.45) is 1.18. The van der Waals surface area contributed by atoms with Gasteiger partial charge < -0.3 is 10.1 Å². The van der Waals surface area contributed by atoms with Crippen molar-refractivity contribution in [3.63, 3.8) is 0 Å². The third kappa shape index (κ3) is 3.68. The molecule has 0 aliphatic carbocycles. The second-order valence-electron chi connectivity index (χ2n) is 5.38. The first-order chi connectivity index (χ1) is 10.1. The van der Waals surface area contributed by atoms with Crippen LogP contribution in [0.2, 0.25) is 0 Å². The lowest BCUT2D eigenvalue weighted by molar-refractivity contribution is 0.222. The minimum atomic E-state index is 0.212.